The minimum absolute atomic E-state index is 0.000370. The molecule has 6 heteroatoms. The lowest BCUT2D eigenvalue weighted by atomic mass is 10.2. The average molecular weight is 252 g/mol. The van der Waals surface area contributed by atoms with Crippen molar-refractivity contribution < 1.29 is 9.90 Å². The van der Waals surface area contributed by atoms with Crippen LogP contribution in [0, 0.1) is 0 Å². The Hall–Kier alpha value is -1.30. The zero-order chi connectivity index (χ0) is 12.0. The van der Waals surface area contributed by atoms with Crippen molar-refractivity contribution in [2.75, 3.05) is 5.75 Å². The first kappa shape index (κ1) is 10.8. The van der Waals surface area contributed by atoms with Crippen LogP contribution in [0.25, 0.3) is 0 Å². The van der Waals surface area contributed by atoms with Crippen LogP contribution in [0.15, 0.2) is 9.95 Å². The van der Waals surface area contributed by atoms with Gasteiger partial charge in [0.15, 0.2) is 5.16 Å². The molecule has 0 amide bonds. The molecule has 2 heterocycles. The van der Waals surface area contributed by atoms with Gasteiger partial charge in [0.2, 0.25) is 0 Å². The third kappa shape index (κ3) is 1.67. The minimum atomic E-state index is -0.865. The second kappa shape index (κ2) is 3.87. The van der Waals surface area contributed by atoms with Crippen LogP contribution in [-0.2, 0) is 17.6 Å². The smallest absolute Gasteiger partial charge is 0.305 e. The van der Waals surface area contributed by atoms with Gasteiger partial charge < -0.3 is 5.11 Å². The number of fused-ring (bicyclic) bond motifs is 2. The fraction of sp³-hybridized carbons (Fsp3) is 0.545. The van der Waals surface area contributed by atoms with E-state index in [-0.39, 0.29) is 18.0 Å². The number of carbonyl (C=O) groups is 1. The van der Waals surface area contributed by atoms with E-state index in [0.717, 1.165) is 30.5 Å². The van der Waals surface area contributed by atoms with E-state index in [4.69, 9.17) is 5.11 Å². The van der Waals surface area contributed by atoms with Gasteiger partial charge in [-0.15, -0.1) is 0 Å². The van der Waals surface area contributed by atoms with E-state index < -0.39 is 5.97 Å². The molecule has 0 fully saturated rings. The largest absolute Gasteiger partial charge is 0.481 e. The van der Waals surface area contributed by atoms with E-state index in [1.165, 1.54) is 11.8 Å². The van der Waals surface area contributed by atoms with Gasteiger partial charge in [-0.2, -0.15) is 0 Å². The van der Waals surface area contributed by atoms with Crippen molar-refractivity contribution in [3.63, 3.8) is 0 Å². The molecule has 0 bridgehead atoms. The molecule has 2 aliphatic rings. The van der Waals surface area contributed by atoms with Gasteiger partial charge in [-0.25, -0.2) is 4.98 Å². The zero-order valence-corrected chi connectivity index (χ0v) is 10.00. The first-order valence-electron chi connectivity index (χ1n) is 5.65. The normalized spacial score (nSPS) is 21.3. The molecule has 1 aliphatic carbocycles. The summed E-state index contributed by atoms with van der Waals surface area (Å²) in [5.41, 5.74) is 1.70. The molecule has 5 nitrogen and oxygen atoms in total. The highest BCUT2D eigenvalue weighted by Gasteiger charge is 2.30. The molecule has 1 aromatic heterocycles. The molecular formula is C11H12N2O3S. The average Bonchev–Trinajstić information content (AvgIpc) is 2.85. The maximum atomic E-state index is 12.3. The second-order valence-electron chi connectivity index (χ2n) is 4.41. The number of nitrogens with zero attached hydrogens (tertiary/aromatic N) is 2. The molecule has 1 aliphatic heterocycles. The molecule has 0 radical (unpaired) electrons. The fourth-order valence-electron chi connectivity index (χ4n) is 2.50. The number of rotatable bonds is 2. The monoisotopic (exact) mass is 252 g/mol. The number of hydrogen-bond donors (Lipinski definition) is 1. The SMILES string of the molecule is O=C(O)CC1CSc2nc3c(c(=O)n21)CCC3. The van der Waals surface area contributed by atoms with Crippen LogP contribution in [0.1, 0.15) is 30.1 Å². The van der Waals surface area contributed by atoms with Gasteiger partial charge in [0.1, 0.15) is 0 Å². The maximum absolute atomic E-state index is 12.3. The highest BCUT2D eigenvalue weighted by Crippen LogP contribution is 2.33. The van der Waals surface area contributed by atoms with E-state index in [9.17, 15) is 9.59 Å². The van der Waals surface area contributed by atoms with Crippen LogP contribution < -0.4 is 5.56 Å². The lowest BCUT2D eigenvalue weighted by molar-refractivity contribution is -0.137. The molecule has 1 N–H and O–H groups in total. The Morgan fingerprint density at radius 2 is 2.35 bits per heavy atom. The summed E-state index contributed by atoms with van der Waals surface area (Å²) in [5, 5.41) is 9.53. The van der Waals surface area contributed by atoms with Gasteiger partial charge in [-0.1, -0.05) is 11.8 Å². The van der Waals surface area contributed by atoms with Gasteiger partial charge in [-0.05, 0) is 19.3 Å². The number of aryl methyl sites for hydroxylation is 1. The van der Waals surface area contributed by atoms with E-state index in [2.05, 4.69) is 4.98 Å². The summed E-state index contributed by atoms with van der Waals surface area (Å²) in [7, 11) is 0. The number of aliphatic carboxylic acids is 1. The summed E-state index contributed by atoms with van der Waals surface area (Å²) in [6.07, 6.45) is 2.64. The van der Waals surface area contributed by atoms with Gasteiger partial charge in [0.25, 0.3) is 5.56 Å². The summed E-state index contributed by atoms with van der Waals surface area (Å²) in [5.74, 6) is -0.229. The summed E-state index contributed by atoms with van der Waals surface area (Å²) < 4.78 is 1.59. The molecule has 1 aromatic rings. The predicted molar refractivity (Wildman–Crippen MR) is 62.5 cm³/mol. The molecule has 0 saturated carbocycles. The van der Waals surface area contributed by atoms with Crippen molar-refractivity contribution in [2.45, 2.75) is 36.9 Å². The number of carboxylic acids is 1. The number of hydrogen-bond acceptors (Lipinski definition) is 4. The van der Waals surface area contributed by atoms with Gasteiger partial charge in [0.05, 0.1) is 18.2 Å². The Morgan fingerprint density at radius 1 is 1.53 bits per heavy atom. The topological polar surface area (TPSA) is 72.2 Å². The molecule has 0 aromatic carbocycles. The molecule has 1 atom stereocenters. The Kier molecular flexibility index (Phi) is 2.47. The van der Waals surface area contributed by atoms with Crippen LogP contribution in [-0.4, -0.2) is 26.4 Å². The van der Waals surface area contributed by atoms with Crippen LogP contribution >= 0.6 is 11.8 Å². The number of carboxylic acid groups (broad SMARTS) is 1. The first-order chi connectivity index (χ1) is 8.16. The lowest BCUT2D eigenvalue weighted by Crippen LogP contribution is -2.28. The number of aromatic nitrogens is 2. The highest BCUT2D eigenvalue weighted by molar-refractivity contribution is 7.99. The van der Waals surface area contributed by atoms with Gasteiger partial charge in [0, 0.05) is 11.3 Å². The Balaban J connectivity index is 2.09. The zero-order valence-electron chi connectivity index (χ0n) is 9.18. The van der Waals surface area contributed by atoms with Crippen molar-refractivity contribution in [1.82, 2.24) is 9.55 Å². The molecule has 90 valence electrons. The molecule has 3 rings (SSSR count). The Bertz CT molecular complexity index is 552. The fourth-order valence-corrected chi connectivity index (χ4v) is 3.66. The number of thioether (sulfide) groups is 1. The summed E-state index contributed by atoms with van der Waals surface area (Å²) in [6.45, 7) is 0. The van der Waals surface area contributed by atoms with Crippen molar-refractivity contribution >= 4 is 17.7 Å². The predicted octanol–water partition coefficient (Wildman–Crippen LogP) is 0.853. The maximum Gasteiger partial charge on any atom is 0.305 e. The van der Waals surface area contributed by atoms with Crippen LogP contribution in [0.5, 0.6) is 0 Å². The summed E-state index contributed by atoms with van der Waals surface area (Å²) in [4.78, 5) is 27.5. The Morgan fingerprint density at radius 3 is 3.12 bits per heavy atom. The first-order valence-corrected chi connectivity index (χ1v) is 6.64. The summed E-state index contributed by atoms with van der Waals surface area (Å²) >= 11 is 1.49. The van der Waals surface area contributed by atoms with Crippen LogP contribution in [0.2, 0.25) is 0 Å². The van der Waals surface area contributed by atoms with Gasteiger partial charge in [-0.3, -0.25) is 14.2 Å². The quantitative estimate of drug-likeness (QED) is 0.790. The van der Waals surface area contributed by atoms with Crippen molar-refractivity contribution in [3.8, 4) is 0 Å². The van der Waals surface area contributed by atoms with E-state index in [1.807, 2.05) is 0 Å². The molecule has 17 heavy (non-hydrogen) atoms. The van der Waals surface area contributed by atoms with Crippen molar-refractivity contribution in [2.24, 2.45) is 0 Å². The van der Waals surface area contributed by atoms with Crippen molar-refractivity contribution in [3.05, 3.63) is 21.6 Å². The molecular weight excluding hydrogens is 240 g/mol. The standard InChI is InChI=1S/C11H12N2O3S/c14-9(15)4-6-5-17-11-12-8-3-1-2-7(8)10(16)13(6)11/h6H,1-5H2,(H,14,15). The molecule has 1 unspecified atom stereocenters. The van der Waals surface area contributed by atoms with E-state index >= 15 is 0 Å². The van der Waals surface area contributed by atoms with Gasteiger partial charge >= 0.3 is 5.97 Å². The van der Waals surface area contributed by atoms with Crippen LogP contribution in [0.4, 0.5) is 0 Å². The van der Waals surface area contributed by atoms with Crippen molar-refractivity contribution in [1.29, 1.82) is 0 Å². The lowest BCUT2D eigenvalue weighted by Gasteiger charge is -2.11. The minimum Gasteiger partial charge on any atom is -0.481 e. The van der Waals surface area contributed by atoms with Crippen LogP contribution in [0.3, 0.4) is 0 Å². The summed E-state index contributed by atoms with van der Waals surface area (Å²) in [6, 6.07) is -0.238. The third-order valence-electron chi connectivity index (χ3n) is 3.28. The second-order valence-corrected chi connectivity index (χ2v) is 5.40. The molecule has 0 saturated heterocycles. The Labute approximate surface area is 102 Å². The highest BCUT2D eigenvalue weighted by atomic mass is 32.2. The molecule has 0 spiro atoms. The van der Waals surface area contributed by atoms with E-state index in [0.29, 0.717) is 10.9 Å². The van der Waals surface area contributed by atoms with E-state index in [1.54, 1.807) is 4.57 Å². The third-order valence-corrected chi connectivity index (χ3v) is 4.38.